The minimum Gasteiger partial charge on any atom is -0.372 e. The minimum absolute atomic E-state index is 0.237. The van der Waals surface area contributed by atoms with Crippen molar-refractivity contribution in [1.82, 2.24) is 0 Å². The van der Waals surface area contributed by atoms with E-state index in [1.807, 2.05) is 30.5 Å². The molecule has 1 aromatic carbocycles. The van der Waals surface area contributed by atoms with Gasteiger partial charge in [-0.2, -0.15) is 4.79 Å². The topological polar surface area (TPSA) is 34.1 Å². The molecular formula is C15H18NO2+. The van der Waals surface area contributed by atoms with E-state index >= 15 is 0 Å². The van der Waals surface area contributed by atoms with Crippen LogP contribution in [0.5, 0.6) is 0 Å². The smallest absolute Gasteiger partial charge is 0.372 e. The van der Waals surface area contributed by atoms with E-state index in [0.29, 0.717) is 11.5 Å². The largest absolute Gasteiger partial charge is 0.602 e. The highest BCUT2D eigenvalue weighted by Crippen LogP contribution is 2.23. The molecule has 0 spiro atoms. The standard InChI is InChI=1S/C15H18NO2/c17-15-16(10-12-6-2-1-3-7-12)11-13-8-4-5-9-14(13)18-15/h4-5,8-9,11-12H,1-3,6-7,10H2/q+1. The van der Waals surface area contributed by atoms with Crippen molar-refractivity contribution >= 4 is 11.0 Å². The maximum Gasteiger partial charge on any atom is 0.602 e. The van der Waals surface area contributed by atoms with Crippen LogP contribution in [-0.4, -0.2) is 0 Å². The molecule has 0 atom stereocenters. The van der Waals surface area contributed by atoms with Gasteiger partial charge in [0.2, 0.25) is 0 Å². The molecule has 1 heterocycles. The quantitative estimate of drug-likeness (QED) is 0.761. The summed E-state index contributed by atoms with van der Waals surface area (Å²) in [4.78, 5) is 11.9. The molecule has 0 saturated heterocycles. The lowest BCUT2D eigenvalue weighted by Crippen LogP contribution is -2.51. The van der Waals surface area contributed by atoms with Crippen LogP contribution in [-0.2, 0) is 6.54 Å². The van der Waals surface area contributed by atoms with E-state index < -0.39 is 0 Å². The van der Waals surface area contributed by atoms with Crippen LogP contribution in [0.3, 0.4) is 0 Å². The molecular weight excluding hydrogens is 226 g/mol. The summed E-state index contributed by atoms with van der Waals surface area (Å²) >= 11 is 0. The van der Waals surface area contributed by atoms with Gasteiger partial charge in [-0.25, -0.2) is 0 Å². The Morgan fingerprint density at radius 1 is 1.17 bits per heavy atom. The van der Waals surface area contributed by atoms with Crippen molar-refractivity contribution in [3.05, 3.63) is 41.0 Å². The highest BCUT2D eigenvalue weighted by molar-refractivity contribution is 5.74. The molecule has 0 bridgehead atoms. The first-order valence-corrected chi connectivity index (χ1v) is 6.75. The molecule has 1 aliphatic carbocycles. The normalized spacial score (nSPS) is 17.1. The van der Waals surface area contributed by atoms with E-state index in [0.717, 1.165) is 11.9 Å². The van der Waals surface area contributed by atoms with Crippen LogP contribution in [0.15, 0.2) is 39.7 Å². The number of rotatable bonds is 2. The predicted octanol–water partition coefficient (Wildman–Crippen LogP) is 2.66. The lowest BCUT2D eigenvalue weighted by molar-refractivity contribution is -0.726. The number of hydrogen-bond acceptors (Lipinski definition) is 2. The first kappa shape index (κ1) is 11.5. The summed E-state index contributed by atoms with van der Waals surface area (Å²) in [6.45, 7) is 0.799. The molecule has 1 fully saturated rings. The Kier molecular flexibility index (Phi) is 3.13. The summed E-state index contributed by atoms with van der Waals surface area (Å²) in [5.41, 5.74) is 0.669. The second-order valence-corrected chi connectivity index (χ2v) is 5.19. The Balaban J connectivity index is 1.91. The number of benzene rings is 1. The van der Waals surface area contributed by atoms with Gasteiger partial charge in [-0.05, 0) is 25.0 Å². The monoisotopic (exact) mass is 244 g/mol. The van der Waals surface area contributed by atoms with Crippen molar-refractivity contribution in [2.45, 2.75) is 38.6 Å². The summed E-state index contributed by atoms with van der Waals surface area (Å²) < 4.78 is 7.08. The van der Waals surface area contributed by atoms with Crippen molar-refractivity contribution in [3.8, 4) is 0 Å². The highest BCUT2D eigenvalue weighted by atomic mass is 16.4. The number of para-hydroxylation sites is 1. The molecule has 1 aliphatic rings. The molecule has 3 nitrogen and oxygen atoms in total. The molecule has 1 saturated carbocycles. The maximum absolute atomic E-state index is 11.9. The Morgan fingerprint density at radius 3 is 2.78 bits per heavy atom. The third-order valence-electron chi connectivity index (χ3n) is 3.83. The van der Waals surface area contributed by atoms with Gasteiger partial charge in [0.15, 0.2) is 18.3 Å². The number of hydrogen-bond donors (Lipinski definition) is 0. The van der Waals surface area contributed by atoms with Crippen molar-refractivity contribution < 1.29 is 8.98 Å². The van der Waals surface area contributed by atoms with Crippen molar-refractivity contribution in [2.24, 2.45) is 5.92 Å². The van der Waals surface area contributed by atoms with E-state index in [4.69, 9.17) is 4.42 Å². The molecule has 0 amide bonds. The molecule has 0 unspecified atom stereocenters. The molecule has 0 radical (unpaired) electrons. The fourth-order valence-corrected chi connectivity index (χ4v) is 2.83. The molecule has 18 heavy (non-hydrogen) atoms. The SMILES string of the molecule is O=c1oc2ccccc2c[n+]1CC1CCCCC1. The molecule has 3 heteroatoms. The summed E-state index contributed by atoms with van der Waals surface area (Å²) in [5.74, 6) is 0.395. The van der Waals surface area contributed by atoms with E-state index in [1.54, 1.807) is 4.57 Å². The van der Waals surface area contributed by atoms with E-state index in [9.17, 15) is 4.79 Å². The van der Waals surface area contributed by atoms with Crippen LogP contribution in [0.4, 0.5) is 0 Å². The molecule has 0 aliphatic heterocycles. The second-order valence-electron chi connectivity index (χ2n) is 5.19. The summed E-state index contributed by atoms with van der Waals surface area (Å²) in [7, 11) is 0. The zero-order chi connectivity index (χ0) is 12.4. The van der Waals surface area contributed by atoms with Crippen LogP contribution in [0.25, 0.3) is 11.0 Å². The third-order valence-corrected chi connectivity index (χ3v) is 3.83. The van der Waals surface area contributed by atoms with E-state index in [-0.39, 0.29) is 5.76 Å². The van der Waals surface area contributed by atoms with Gasteiger partial charge >= 0.3 is 5.76 Å². The van der Waals surface area contributed by atoms with Gasteiger partial charge in [-0.3, -0.25) is 0 Å². The molecule has 1 aromatic heterocycles. The Labute approximate surface area is 106 Å². The molecule has 94 valence electrons. The van der Waals surface area contributed by atoms with Crippen LogP contribution in [0.1, 0.15) is 32.1 Å². The Morgan fingerprint density at radius 2 is 1.94 bits per heavy atom. The van der Waals surface area contributed by atoms with Crippen molar-refractivity contribution in [3.63, 3.8) is 0 Å². The van der Waals surface area contributed by atoms with Crippen LogP contribution < -0.4 is 10.3 Å². The zero-order valence-corrected chi connectivity index (χ0v) is 10.5. The number of fused-ring (bicyclic) bond motifs is 1. The van der Waals surface area contributed by atoms with E-state index in [2.05, 4.69) is 0 Å². The van der Waals surface area contributed by atoms with Crippen LogP contribution in [0, 0.1) is 5.92 Å². The van der Waals surface area contributed by atoms with Gasteiger partial charge in [0.25, 0.3) is 0 Å². The fourth-order valence-electron chi connectivity index (χ4n) is 2.83. The summed E-state index contributed by atoms with van der Waals surface area (Å²) in [6, 6.07) is 7.67. The Hall–Kier alpha value is -1.64. The molecule has 3 rings (SSSR count). The van der Waals surface area contributed by atoms with Crippen molar-refractivity contribution in [2.75, 3.05) is 0 Å². The van der Waals surface area contributed by atoms with E-state index in [1.165, 1.54) is 32.1 Å². The van der Waals surface area contributed by atoms with Gasteiger partial charge in [0, 0.05) is 5.92 Å². The van der Waals surface area contributed by atoms with Gasteiger partial charge < -0.3 is 4.42 Å². The lowest BCUT2D eigenvalue weighted by atomic mass is 9.89. The van der Waals surface area contributed by atoms with Crippen molar-refractivity contribution in [1.29, 1.82) is 0 Å². The van der Waals surface area contributed by atoms with Gasteiger partial charge in [-0.1, -0.05) is 31.4 Å². The minimum atomic E-state index is -0.237. The molecule has 0 N–H and O–H groups in total. The molecule has 2 aromatic rings. The zero-order valence-electron chi connectivity index (χ0n) is 10.5. The van der Waals surface area contributed by atoms with Gasteiger partial charge in [-0.15, -0.1) is 4.57 Å². The van der Waals surface area contributed by atoms with Gasteiger partial charge in [0.05, 0.1) is 5.39 Å². The predicted molar refractivity (Wildman–Crippen MR) is 69.3 cm³/mol. The Bertz CT molecular complexity index is 597. The first-order valence-electron chi connectivity index (χ1n) is 6.75. The van der Waals surface area contributed by atoms with Crippen LogP contribution >= 0.6 is 0 Å². The average Bonchev–Trinajstić information content (AvgIpc) is 2.41. The average molecular weight is 244 g/mol. The number of nitrogens with zero attached hydrogens (tertiary/aromatic N) is 1. The number of aromatic nitrogens is 1. The fraction of sp³-hybridized carbons (Fsp3) is 0.467. The highest BCUT2D eigenvalue weighted by Gasteiger charge is 2.21. The maximum atomic E-state index is 11.9. The third kappa shape index (κ3) is 2.30. The first-order chi connectivity index (χ1) is 8.83. The summed E-state index contributed by atoms with van der Waals surface area (Å²) in [5, 5.41) is 0.993. The summed E-state index contributed by atoms with van der Waals surface area (Å²) in [6.07, 6.45) is 8.33. The second kappa shape index (κ2) is 4.92. The van der Waals surface area contributed by atoms with Crippen LogP contribution in [0.2, 0.25) is 0 Å². The van der Waals surface area contributed by atoms with Gasteiger partial charge in [0.1, 0.15) is 0 Å². The lowest BCUT2D eigenvalue weighted by Gasteiger charge is -2.17.